The van der Waals surface area contributed by atoms with E-state index in [0.29, 0.717) is 11.3 Å². The monoisotopic (exact) mass is 346 g/mol. The Kier molecular flexibility index (Phi) is 3.69. The lowest BCUT2D eigenvalue weighted by Crippen LogP contribution is -2.46. The second kappa shape index (κ2) is 5.92. The van der Waals surface area contributed by atoms with Gasteiger partial charge in [-0.2, -0.15) is 0 Å². The second-order valence-electron chi connectivity index (χ2n) is 6.62. The highest BCUT2D eigenvalue weighted by atomic mass is 16.5. The molecular formula is C22H18O4. The predicted octanol–water partition coefficient (Wildman–Crippen LogP) is 3.97. The zero-order valence-corrected chi connectivity index (χ0v) is 14.3. The molecule has 4 heteroatoms. The molecule has 0 radical (unpaired) electrons. The van der Waals surface area contributed by atoms with Gasteiger partial charge in [0.15, 0.2) is 5.78 Å². The summed E-state index contributed by atoms with van der Waals surface area (Å²) in [7, 11) is 0. The Labute approximate surface area is 151 Å². The van der Waals surface area contributed by atoms with Crippen LogP contribution in [0, 0.1) is 6.92 Å². The maximum absolute atomic E-state index is 13.7. The molecule has 0 saturated heterocycles. The molecular weight excluding hydrogens is 328 g/mol. The van der Waals surface area contributed by atoms with Gasteiger partial charge >= 0.3 is 0 Å². The first-order chi connectivity index (χ1) is 12.5. The van der Waals surface area contributed by atoms with Crippen LogP contribution in [0.25, 0.3) is 0 Å². The molecule has 4 nitrogen and oxygen atoms in total. The van der Waals surface area contributed by atoms with Crippen LogP contribution < -0.4 is 4.74 Å². The molecule has 4 rings (SSSR count). The fraction of sp³-hybridized carbons (Fsp3) is 0.136. The molecule has 3 aromatic carbocycles. The SMILES string of the molecule is Cc1ccc2c(c1)C(=O)C(c1ccc(O)cc1)(c1ccc(O)cc1)CO2. The predicted molar refractivity (Wildman–Crippen MR) is 98.0 cm³/mol. The van der Waals surface area contributed by atoms with Gasteiger partial charge in [-0.15, -0.1) is 0 Å². The minimum atomic E-state index is -1.04. The number of ketones is 1. The first kappa shape index (κ1) is 16.2. The molecule has 0 bridgehead atoms. The van der Waals surface area contributed by atoms with Gasteiger partial charge in [-0.3, -0.25) is 4.79 Å². The Balaban J connectivity index is 1.96. The third-order valence-corrected chi connectivity index (χ3v) is 4.93. The maximum Gasteiger partial charge on any atom is 0.184 e. The summed E-state index contributed by atoms with van der Waals surface area (Å²) in [5, 5.41) is 19.3. The third-order valence-electron chi connectivity index (χ3n) is 4.93. The van der Waals surface area contributed by atoms with E-state index in [1.165, 1.54) is 0 Å². The van der Waals surface area contributed by atoms with Crippen LogP contribution in [0.2, 0.25) is 0 Å². The minimum absolute atomic E-state index is 0.0566. The molecule has 130 valence electrons. The molecule has 1 aliphatic heterocycles. The van der Waals surface area contributed by atoms with Gasteiger partial charge in [0.05, 0.1) is 5.56 Å². The number of hydrogen-bond acceptors (Lipinski definition) is 4. The van der Waals surface area contributed by atoms with E-state index in [-0.39, 0.29) is 23.9 Å². The number of hydrogen-bond donors (Lipinski definition) is 2. The molecule has 1 aliphatic rings. The molecule has 0 unspecified atom stereocenters. The Hall–Kier alpha value is -3.27. The summed E-state index contributed by atoms with van der Waals surface area (Å²) in [4.78, 5) is 13.7. The molecule has 2 N–H and O–H groups in total. The van der Waals surface area contributed by atoms with Crippen LogP contribution in [0.3, 0.4) is 0 Å². The highest BCUT2D eigenvalue weighted by molar-refractivity contribution is 6.09. The van der Waals surface area contributed by atoms with Crippen LogP contribution in [0.15, 0.2) is 66.7 Å². The van der Waals surface area contributed by atoms with Crippen molar-refractivity contribution in [2.75, 3.05) is 6.61 Å². The fourth-order valence-corrected chi connectivity index (χ4v) is 3.52. The summed E-state index contributed by atoms with van der Waals surface area (Å²) < 4.78 is 5.99. The number of aromatic hydroxyl groups is 2. The topological polar surface area (TPSA) is 66.8 Å². The van der Waals surface area contributed by atoms with Gasteiger partial charge in [0.25, 0.3) is 0 Å². The Morgan fingerprint density at radius 1 is 0.846 bits per heavy atom. The summed E-state index contributed by atoms with van der Waals surface area (Å²) in [5.74, 6) is 0.790. The first-order valence-electron chi connectivity index (χ1n) is 8.38. The highest BCUT2D eigenvalue weighted by Gasteiger charge is 2.47. The lowest BCUT2D eigenvalue weighted by atomic mass is 9.68. The molecule has 3 aromatic rings. The van der Waals surface area contributed by atoms with E-state index in [1.54, 1.807) is 48.5 Å². The quantitative estimate of drug-likeness (QED) is 0.737. The number of Topliss-reactive ketones (excluding diaryl/α,β-unsaturated/α-hetero) is 1. The van der Waals surface area contributed by atoms with Gasteiger partial charge in [0.1, 0.15) is 29.3 Å². The van der Waals surface area contributed by atoms with Crippen molar-refractivity contribution in [3.8, 4) is 17.2 Å². The van der Waals surface area contributed by atoms with Gasteiger partial charge in [0.2, 0.25) is 0 Å². The van der Waals surface area contributed by atoms with Gasteiger partial charge in [-0.25, -0.2) is 0 Å². The Bertz CT molecular complexity index is 927. The highest BCUT2D eigenvalue weighted by Crippen LogP contribution is 2.43. The lowest BCUT2D eigenvalue weighted by Gasteiger charge is -2.37. The number of fused-ring (bicyclic) bond motifs is 1. The van der Waals surface area contributed by atoms with Crippen LogP contribution in [0.5, 0.6) is 17.2 Å². The van der Waals surface area contributed by atoms with E-state index < -0.39 is 5.41 Å². The van der Waals surface area contributed by atoms with Crippen molar-refractivity contribution in [2.24, 2.45) is 0 Å². The molecule has 26 heavy (non-hydrogen) atoms. The third kappa shape index (κ3) is 2.42. The first-order valence-corrected chi connectivity index (χ1v) is 8.38. The fourth-order valence-electron chi connectivity index (χ4n) is 3.52. The van der Waals surface area contributed by atoms with Gasteiger partial charge < -0.3 is 14.9 Å². The van der Waals surface area contributed by atoms with Crippen LogP contribution in [0.4, 0.5) is 0 Å². The van der Waals surface area contributed by atoms with Gasteiger partial charge in [0, 0.05) is 0 Å². The number of phenols is 2. The van der Waals surface area contributed by atoms with Crippen molar-refractivity contribution in [1.29, 1.82) is 0 Å². The van der Waals surface area contributed by atoms with Crippen molar-refractivity contribution in [3.63, 3.8) is 0 Å². The number of benzene rings is 3. The molecule has 0 spiro atoms. The molecule has 1 heterocycles. The van der Waals surface area contributed by atoms with Crippen molar-refractivity contribution >= 4 is 5.78 Å². The summed E-state index contributed by atoms with van der Waals surface area (Å²) in [6.45, 7) is 2.09. The largest absolute Gasteiger partial charge is 0.508 e. The summed E-state index contributed by atoms with van der Waals surface area (Å²) in [6.07, 6.45) is 0. The number of aryl methyl sites for hydroxylation is 1. The van der Waals surface area contributed by atoms with Crippen LogP contribution >= 0.6 is 0 Å². The summed E-state index contributed by atoms with van der Waals surface area (Å²) in [6, 6.07) is 18.8. The summed E-state index contributed by atoms with van der Waals surface area (Å²) in [5.41, 5.74) is 1.95. The van der Waals surface area contributed by atoms with Gasteiger partial charge in [-0.05, 0) is 54.4 Å². The van der Waals surface area contributed by atoms with E-state index >= 15 is 0 Å². The van der Waals surface area contributed by atoms with Crippen molar-refractivity contribution in [1.82, 2.24) is 0 Å². The number of phenolic OH excluding ortho intramolecular Hbond substituents is 2. The zero-order valence-electron chi connectivity index (χ0n) is 14.3. The van der Waals surface area contributed by atoms with E-state index in [4.69, 9.17) is 4.74 Å². The van der Waals surface area contributed by atoms with E-state index in [9.17, 15) is 15.0 Å². The van der Waals surface area contributed by atoms with Crippen LogP contribution in [-0.2, 0) is 5.41 Å². The lowest BCUT2D eigenvalue weighted by molar-refractivity contribution is 0.0817. The van der Waals surface area contributed by atoms with Crippen LogP contribution in [-0.4, -0.2) is 22.6 Å². The Morgan fingerprint density at radius 3 is 1.92 bits per heavy atom. The average molecular weight is 346 g/mol. The van der Waals surface area contributed by atoms with E-state index in [1.807, 2.05) is 25.1 Å². The molecule has 0 amide bonds. The summed E-state index contributed by atoms with van der Waals surface area (Å²) >= 11 is 0. The number of carbonyl (C=O) groups is 1. The van der Waals surface area contributed by atoms with Crippen molar-refractivity contribution in [3.05, 3.63) is 89.0 Å². The van der Waals surface area contributed by atoms with E-state index in [0.717, 1.165) is 16.7 Å². The van der Waals surface area contributed by atoms with Crippen molar-refractivity contribution in [2.45, 2.75) is 12.3 Å². The van der Waals surface area contributed by atoms with E-state index in [2.05, 4.69) is 0 Å². The van der Waals surface area contributed by atoms with Crippen LogP contribution in [0.1, 0.15) is 27.0 Å². The molecule has 0 saturated carbocycles. The maximum atomic E-state index is 13.7. The molecule has 0 aliphatic carbocycles. The Morgan fingerprint density at radius 2 is 1.38 bits per heavy atom. The smallest absolute Gasteiger partial charge is 0.184 e. The van der Waals surface area contributed by atoms with Gasteiger partial charge in [-0.1, -0.05) is 35.9 Å². The standard InChI is InChI=1S/C22H18O4/c1-14-2-11-20-19(12-14)21(25)22(13-26-20,15-3-7-17(23)8-4-15)16-5-9-18(24)10-6-16/h2-12,23-24H,13H2,1H3. The number of carbonyl (C=O) groups excluding carboxylic acids is 1. The zero-order chi connectivity index (χ0) is 18.3. The molecule has 0 aromatic heterocycles. The molecule has 0 atom stereocenters. The molecule has 0 fully saturated rings. The van der Waals surface area contributed by atoms with Crippen molar-refractivity contribution < 1.29 is 19.7 Å². The average Bonchev–Trinajstić information content (AvgIpc) is 2.64. The second-order valence-corrected chi connectivity index (χ2v) is 6.62. The number of ether oxygens (including phenoxy) is 1. The normalized spacial score (nSPS) is 15.2. The number of rotatable bonds is 2. The minimum Gasteiger partial charge on any atom is -0.508 e.